The quantitative estimate of drug-likeness (QED) is 0.501. The van der Waals surface area contributed by atoms with Crippen molar-refractivity contribution < 1.29 is 17.6 Å². The summed E-state index contributed by atoms with van der Waals surface area (Å²) in [5, 5.41) is -0.884. The molecule has 1 heterocycles. The fourth-order valence-electron chi connectivity index (χ4n) is 0.598. The van der Waals surface area contributed by atoms with Gasteiger partial charge in [0.15, 0.2) is 16.8 Å². The van der Waals surface area contributed by atoms with Crippen LogP contribution in [0.1, 0.15) is 12.1 Å². The standard InChI is InChI=1S/C6H2ClF4N/c7-5-4(9)2(8)1-3(12-5)6(10)11/h1,6H. The number of hydrogen-bond donors (Lipinski definition) is 0. The predicted octanol–water partition coefficient (Wildman–Crippen LogP) is 2.95. The zero-order chi connectivity index (χ0) is 9.30. The maximum atomic E-state index is 12.4. The lowest BCUT2D eigenvalue weighted by molar-refractivity contribution is 0.145. The highest BCUT2D eigenvalue weighted by molar-refractivity contribution is 6.29. The molecule has 0 radical (unpaired) electrons. The van der Waals surface area contributed by atoms with Crippen molar-refractivity contribution in [2.45, 2.75) is 6.43 Å². The lowest BCUT2D eigenvalue weighted by Gasteiger charge is -2.00. The summed E-state index contributed by atoms with van der Waals surface area (Å²) in [7, 11) is 0. The molecule has 0 N–H and O–H groups in total. The second-order valence-electron chi connectivity index (χ2n) is 1.93. The van der Waals surface area contributed by atoms with Crippen LogP contribution in [0, 0.1) is 11.6 Å². The van der Waals surface area contributed by atoms with Crippen LogP contribution in [0.15, 0.2) is 6.07 Å². The van der Waals surface area contributed by atoms with Crippen LogP contribution in [0.25, 0.3) is 0 Å². The van der Waals surface area contributed by atoms with Gasteiger partial charge in [-0.05, 0) is 0 Å². The van der Waals surface area contributed by atoms with Crippen molar-refractivity contribution in [2.75, 3.05) is 0 Å². The highest BCUT2D eigenvalue weighted by Gasteiger charge is 2.16. The molecular formula is C6H2ClF4N. The van der Waals surface area contributed by atoms with Crippen molar-refractivity contribution in [3.8, 4) is 0 Å². The largest absolute Gasteiger partial charge is 0.280 e. The Morgan fingerprint density at radius 3 is 2.33 bits per heavy atom. The molecule has 0 aliphatic rings. The zero-order valence-electron chi connectivity index (χ0n) is 5.49. The van der Waals surface area contributed by atoms with Crippen molar-refractivity contribution in [2.24, 2.45) is 0 Å². The van der Waals surface area contributed by atoms with Gasteiger partial charge in [0.2, 0.25) is 0 Å². The summed E-state index contributed by atoms with van der Waals surface area (Å²) in [5.74, 6) is -2.84. The normalized spacial score (nSPS) is 10.8. The molecule has 0 spiro atoms. The summed E-state index contributed by atoms with van der Waals surface area (Å²) in [6, 6.07) is 0.311. The van der Waals surface area contributed by atoms with Crippen LogP contribution in [0.3, 0.4) is 0 Å². The molecule has 1 rings (SSSR count). The van der Waals surface area contributed by atoms with Gasteiger partial charge in [-0.25, -0.2) is 22.5 Å². The van der Waals surface area contributed by atoms with E-state index < -0.39 is 28.9 Å². The Kier molecular flexibility index (Phi) is 2.52. The van der Waals surface area contributed by atoms with E-state index >= 15 is 0 Å². The highest BCUT2D eigenvalue weighted by Crippen LogP contribution is 2.22. The minimum atomic E-state index is -2.96. The molecule has 66 valence electrons. The molecule has 0 aliphatic carbocycles. The molecule has 0 atom stereocenters. The van der Waals surface area contributed by atoms with Gasteiger partial charge >= 0.3 is 0 Å². The van der Waals surface area contributed by atoms with E-state index in [1.165, 1.54) is 0 Å². The Morgan fingerprint density at radius 2 is 1.92 bits per heavy atom. The summed E-state index contributed by atoms with van der Waals surface area (Å²) >= 11 is 5.00. The van der Waals surface area contributed by atoms with Crippen LogP contribution in [-0.4, -0.2) is 4.98 Å². The van der Waals surface area contributed by atoms with Crippen LogP contribution < -0.4 is 0 Å². The summed E-state index contributed by atoms with van der Waals surface area (Å²) < 4.78 is 48.4. The lowest BCUT2D eigenvalue weighted by Crippen LogP contribution is -1.96. The van der Waals surface area contributed by atoms with Crippen LogP contribution in [0.5, 0.6) is 0 Å². The second-order valence-corrected chi connectivity index (χ2v) is 2.29. The molecule has 0 saturated carbocycles. The summed E-state index contributed by atoms with van der Waals surface area (Å²) in [6.07, 6.45) is -2.96. The number of nitrogens with zero attached hydrogens (tertiary/aromatic N) is 1. The van der Waals surface area contributed by atoms with E-state index in [0.717, 1.165) is 0 Å². The fourth-order valence-corrected chi connectivity index (χ4v) is 0.786. The van der Waals surface area contributed by atoms with Crippen molar-refractivity contribution in [1.29, 1.82) is 0 Å². The first-order valence-electron chi connectivity index (χ1n) is 2.82. The Bertz CT molecular complexity index is 279. The molecule has 0 aromatic carbocycles. The first-order valence-corrected chi connectivity index (χ1v) is 3.19. The predicted molar refractivity (Wildman–Crippen MR) is 34.1 cm³/mol. The Hall–Kier alpha value is -0.840. The number of halogens is 5. The first kappa shape index (κ1) is 9.25. The molecule has 12 heavy (non-hydrogen) atoms. The van der Waals surface area contributed by atoms with Crippen LogP contribution >= 0.6 is 11.6 Å². The summed E-state index contributed by atoms with van der Waals surface area (Å²) in [6.45, 7) is 0. The van der Waals surface area contributed by atoms with Gasteiger partial charge in [0, 0.05) is 6.07 Å². The third kappa shape index (κ3) is 1.66. The van der Waals surface area contributed by atoms with Gasteiger partial charge < -0.3 is 0 Å². The zero-order valence-corrected chi connectivity index (χ0v) is 6.25. The van der Waals surface area contributed by atoms with Gasteiger partial charge in [-0.2, -0.15) is 0 Å². The van der Waals surface area contributed by atoms with Gasteiger partial charge in [0.25, 0.3) is 6.43 Å². The molecule has 0 saturated heterocycles. The minimum absolute atomic E-state index is 0.311. The summed E-state index contributed by atoms with van der Waals surface area (Å²) in [5.41, 5.74) is -0.876. The maximum Gasteiger partial charge on any atom is 0.280 e. The van der Waals surface area contributed by atoms with Gasteiger partial charge in [-0.3, -0.25) is 0 Å². The molecule has 6 heteroatoms. The third-order valence-electron chi connectivity index (χ3n) is 1.12. The van der Waals surface area contributed by atoms with Crippen LogP contribution in [0.4, 0.5) is 17.6 Å². The average molecular weight is 200 g/mol. The van der Waals surface area contributed by atoms with Gasteiger partial charge in [0.05, 0.1) is 0 Å². The molecule has 0 unspecified atom stereocenters. The van der Waals surface area contributed by atoms with Crippen LogP contribution in [-0.2, 0) is 0 Å². The highest BCUT2D eigenvalue weighted by atomic mass is 35.5. The average Bonchev–Trinajstić information content (AvgIpc) is 1.99. The van der Waals surface area contributed by atoms with Gasteiger partial charge in [-0.15, -0.1) is 0 Å². The number of hydrogen-bond acceptors (Lipinski definition) is 1. The van der Waals surface area contributed by atoms with E-state index in [2.05, 4.69) is 4.98 Å². The molecule has 1 aromatic rings. The molecule has 0 aliphatic heterocycles. The van der Waals surface area contributed by atoms with E-state index in [0.29, 0.717) is 6.07 Å². The Morgan fingerprint density at radius 1 is 1.33 bits per heavy atom. The van der Waals surface area contributed by atoms with E-state index in [9.17, 15) is 17.6 Å². The Balaban J connectivity index is 3.21. The molecule has 0 amide bonds. The molecule has 1 aromatic heterocycles. The number of aromatic nitrogens is 1. The summed E-state index contributed by atoms with van der Waals surface area (Å²) in [4.78, 5) is 2.93. The van der Waals surface area contributed by atoms with E-state index in [1.807, 2.05) is 0 Å². The van der Waals surface area contributed by atoms with E-state index in [-0.39, 0.29) is 0 Å². The van der Waals surface area contributed by atoms with Crippen LogP contribution in [0.2, 0.25) is 5.15 Å². The monoisotopic (exact) mass is 199 g/mol. The molecule has 0 bridgehead atoms. The minimum Gasteiger partial charge on any atom is -0.232 e. The van der Waals surface area contributed by atoms with Crippen molar-refractivity contribution >= 4 is 11.6 Å². The Labute approximate surface area is 70.0 Å². The van der Waals surface area contributed by atoms with Crippen molar-refractivity contribution in [3.63, 3.8) is 0 Å². The van der Waals surface area contributed by atoms with Crippen molar-refractivity contribution in [1.82, 2.24) is 4.98 Å². The van der Waals surface area contributed by atoms with E-state index in [1.54, 1.807) is 0 Å². The molecular weight excluding hydrogens is 198 g/mol. The SMILES string of the molecule is Fc1cc(C(F)F)nc(Cl)c1F. The van der Waals surface area contributed by atoms with E-state index in [4.69, 9.17) is 11.6 Å². The third-order valence-corrected chi connectivity index (χ3v) is 1.37. The number of pyridine rings is 1. The number of rotatable bonds is 1. The second kappa shape index (κ2) is 3.26. The maximum absolute atomic E-state index is 12.4. The molecule has 0 fully saturated rings. The van der Waals surface area contributed by atoms with Crippen molar-refractivity contribution in [3.05, 3.63) is 28.5 Å². The number of alkyl halides is 2. The lowest BCUT2D eigenvalue weighted by atomic mass is 10.3. The smallest absolute Gasteiger partial charge is 0.232 e. The fraction of sp³-hybridized carbons (Fsp3) is 0.167. The topological polar surface area (TPSA) is 12.9 Å². The van der Waals surface area contributed by atoms with Gasteiger partial charge in [-0.1, -0.05) is 11.6 Å². The first-order chi connectivity index (χ1) is 5.52. The molecule has 1 nitrogen and oxygen atoms in total. The van der Waals surface area contributed by atoms with Gasteiger partial charge in [0.1, 0.15) is 5.69 Å².